The summed E-state index contributed by atoms with van der Waals surface area (Å²) in [5.41, 5.74) is 0. The van der Waals surface area contributed by atoms with Crippen molar-refractivity contribution in [2.75, 3.05) is 45.9 Å². The Balaban J connectivity index is 0.00000364. The van der Waals surface area contributed by atoms with Crippen LogP contribution in [0.5, 0.6) is 5.75 Å². The molecule has 1 aliphatic rings. The van der Waals surface area contributed by atoms with Gasteiger partial charge in [-0.2, -0.15) is 0 Å². The second-order valence-electron chi connectivity index (χ2n) is 6.46. The molecule has 2 N–H and O–H groups in total. The van der Waals surface area contributed by atoms with Crippen LogP contribution in [0.25, 0.3) is 0 Å². The first kappa shape index (κ1) is 23.9. The van der Waals surface area contributed by atoms with Crippen LogP contribution >= 0.6 is 24.0 Å². The Hall–Kier alpha value is -1.13. The van der Waals surface area contributed by atoms with Gasteiger partial charge in [-0.25, -0.2) is 4.39 Å². The van der Waals surface area contributed by atoms with E-state index in [4.69, 9.17) is 9.47 Å². The monoisotopic (exact) mass is 494 g/mol. The Morgan fingerprint density at radius 3 is 2.63 bits per heavy atom. The van der Waals surface area contributed by atoms with Gasteiger partial charge in [0.2, 0.25) is 0 Å². The van der Waals surface area contributed by atoms with E-state index in [0.717, 1.165) is 38.8 Å². The van der Waals surface area contributed by atoms with Gasteiger partial charge in [0, 0.05) is 25.7 Å². The van der Waals surface area contributed by atoms with E-state index in [9.17, 15) is 4.39 Å². The van der Waals surface area contributed by atoms with E-state index in [1.807, 2.05) is 13.8 Å². The van der Waals surface area contributed by atoms with E-state index in [1.54, 1.807) is 18.2 Å². The van der Waals surface area contributed by atoms with Crippen molar-refractivity contribution in [1.29, 1.82) is 0 Å². The first-order chi connectivity index (χ1) is 12.6. The molecule has 1 saturated heterocycles. The number of hydrogen-bond donors (Lipinski definition) is 2. The summed E-state index contributed by atoms with van der Waals surface area (Å²) in [6.45, 7) is 11.6. The van der Waals surface area contributed by atoms with E-state index < -0.39 is 0 Å². The molecule has 0 aliphatic carbocycles. The van der Waals surface area contributed by atoms with Crippen molar-refractivity contribution < 1.29 is 13.9 Å². The van der Waals surface area contributed by atoms with Crippen molar-refractivity contribution in [2.24, 2.45) is 4.99 Å². The van der Waals surface area contributed by atoms with E-state index in [1.165, 1.54) is 6.07 Å². The zero-order valence-electron chi connectivity index (χ0n) is 16.4. The number of ether oxygens (including phenoxy) is 2. The number of nitrogens with zero attached hydrogens (tertiary/aromatic N) is 2. The fourth-order valence-corrected chi connectivity index (χ4v) is 2.74. The highest BCUT2D eigenvalue weighted by molar-refractivity contribution is 14.0. The number of para-hydroxylation sites is 1. The van der Waals surface area contributed by atoms with E-state index in [0.29, 0.717) is 19.1 Å². The van der Waals surface area contributed by atoms with Crippen molar-refractivity contribution in [2.45, 2.75) is 32.9 Å². The molecule has 0 aromatic heterocycles. The minimum atomic E-state index is -0.348. The van der Waals surface area contributed by atoms with Gasteiger partial charge in [0.25, 0.3) is 0 Å². The normalized spacial score (nSPS) is 17.6. The molecule has 0 amide bonds. The summed E-state index contributed by atoms with van der Waals surface area (Å²) in [5, 5.41) is 6.50. The second kappa shape index (κ2) is 13.1. The van der Waals surface area contributed by atoms with Crippen LogP contribution in [0.4, 0.5) is 4.39 Å². The van der Waals surface area contributed by atoms with Gasteiger partial charge in [0.15, 0.2) is 17.5 Å². The van der Waals surface area contributed by atoms with Gasteiger partial charge in [0.05, 0.1) is 26.3 Å². The first-order valence-electron chi connectivity index (χ1n) is 9.35. The molecule has 2 atom stereocenters. The maximum absolute atomic E-state index is 13.7. The molecule has 1 aliphatic heterocycles. The van der Waals surface area contributed by atoms with E-state index in [2.05, 4.69) is 27.4 Å². The number of morpholine rings is 1. The Labute approximate surface area is 178 Å². The van der Waals surface area contributed by atoms with Crippen molar-refractivity contribution in [3.05, 3.63) is 30.1 Å². The molecule has 27 heavy (non-hydrogen) atoms. The molecular weight excluding hydrogens is 462 g/mol. The van der Waals surface area contributed by atoms with Crippen LogP contribution in [-0.2, 0) is 4.74 Å². The standard InChI is InChI=1S/C19H31FN4O2.HI/c1-4-21-19(22-13-15(2)24-9-11-25-12-10-24)23-14-16(3)26-18-8-6-5-7-17(18)20;/h5-8,15-16H,4,9-14H2,1-3H3,(H2,21,22,23);1H. The summed E-state index contributed by atoms with van der Waals surface area (Å²) in [7, 11) is 0. The molecule has 154 valence electrons. The van der Waals surface area contributed by atoms with E-state index in [-0.39, 0.29) is 41.6 Å². The second-order valence-corrected chi connectivity index (χ2v) is 6.46. The summed E-state index contributed by atoms with van der Waals surface area (Å²) in [6, 6.07) is 6.80. The molecular formula is C19H32FIN4O2. The molecule has 1 heterocycles. The molecule has 0 radical (unpaired) electrons. The Bertz CT molecular complexity index is 570. The minimum absolute atomic E-state index is 0. The van der Waals surface area contributed by atoms with Crippen LogP contribution in [0, 0.1) is 5.82 Å². The first-order valence-corrected chi connectivity index (χ1v) is 9.35. The van der Waals surface area contributed by atoms with Gasteiger partial charge in [0.1, 0.15) is 6.10 Å². The summed E-state index contributed by atoms with van der Waals surface area (Å²) < 4.78 is 24.7. The van der Waals surface area contributed by atoms with Crippen molar-refractivity contribution in [3.63, 3.8) is 0 Å². The Morgan fingerprint density at radius 1 is 1.26 bits per heavy atom. The van der Waals surface area contributed by atoms with Crippen molar-refractivity contribution in [1.82, 2.24) is 15.5 Å². The smallest absolute Gasteiger partial charge is 0.191 e. The molecule has 0 saturated carbocycles. The highest BCUT2D eigenvalue weighted by Crippen LogP contribution is 2.16. The van der Waals surface area contributed by atoms with Crippen LogP contribution < -0.4 is 15.4 Å². The van der Waals surface area contributed by atoms with Gasteiger partial charge in [-0.15, -0.1) is 24.0 Å². The quantitative estimate of drug-likeness (QED) is 0.331. The number of nitrogens with one attached hydrogen (secondary N) is 2. The largest absolute Gasteiger partial charge is 0.486 e. The lowest BCUT2D eigenvalue weighted by atomic mass is 10.2. The van der Waals surface area contributed by atoms with Crippen molar-refractivity contribution >= 4 is 29.9 Å². The average Bonchev–Trinajstić information content (AvgIpc) is 2.66. The van der Waals surface area contributed by atoms with Gasteiger partial charge in [-0.1, -0.05) is 12.1 Å². The maximum atomic E-state index is 13.7. The molecule has 2 rings (SSSR count). The van der Waals surface area contributed by atoms with Gasteiger partial charge >= 0.3 is 0 Å². The van der Waals surface area contributed by atoms with Gasteiger partial charge < -0.3 is 20.1 Å². The van der Waals surface area contributed by atoms with Crippen LogP contribution in [-0.4, -0.2) is 68.9 Å². The zero-order chi connectivity index (χ0) is 18.8. The average molecular weight is 494 g/mol. The molecule has 1 fully saturated rings. The van der Waals surface area contributed by atoms with Crippen LogP contribution in [0.15, 0.2) is 29.3 Å². The number of halogens is 2. The zero-order valence-corrected chi connectivity index (χ0v) is 18.7. The third-order valence-electron chi connectivity index (χ3n) is 4.25. The number of aliphatic imine (C=N–C) groups is 1. The molecule has 8 heteroatoms. The third kappa shape index (κ3) is 8.61. The lowest BCUT2D eigenvalue weighted by Crippen LogP contribution is -2.45. The predicted molar refractivity (Wildman–Crippen MR) is 118 cm³/mol. The molecule has 0 spiro atoms. The van der Waals surface area contributed by atoms with Crippen LogP contribution in [0.1, 0.15) is 20.8 Å². The number of hydrogen-bond acceptors (Lipinski definition) is 4. The topological polar surface area (TPSA) is 58.1 Å². The molecule has 1 aromatic rings. The van der Waals surface area contributed by atoms with E-state index >= 15 is 0 Å². The summed E-state index contributed by atoms with van der Waals surface area (Å²) in [5.74, 6) is 0.667. The highest BCUT2D eigenvalue weighted by Gasteiger charge is 2.16. The van der Waals surface area contributed by atoms with Gasteiger partial charge in [-0.05, 0) is 32.9 Å². The SMILES string of the molecule is CCNC(=NCC(C)N1CCOCC1)NCC(C)Oc1ccccc1F.I. The molecule has 2 unspecified atom stereocenters. The fourth-order valence-electron chi connectivity index (χ4n) is 2.74. The van der Waals surface area contributed by atoms with Crippen molar-refractivity contribution in [3.8, 4) is 5.75 Å². The van der Waals surface area contributed by atoms with Crippen LogP contribution in [0.3, 0.4) is 0 Å². The maximum Gasteiger partial charge on any atom is 0.191 e. The number of rotatable bonds is 8. The third-order valence-corrected chi connectivity index (χ3v) is 4.25. The lowest BCUT2D eigenvalue weighted by molar-refractivity contribution is 0.0220. The lowest BCUT2D eigenvalue weighted by Gasteiger charge is -2.31. The molecule has 1 aromatic carbocycles. The fraction of sp³-hybridized carbons (Fsp3) is 0.632. The van der Waals surface area contributed by atoms with Crippen LogP contribution in [0.2, 0.25) is 0 Å². The number of benzene rings is 1. The predicted octanol–water partition coefficient (Wildman–Crippen LogP) is 2.49. The Morgan fingerprint density at radius 2 is 1.96 bits per heavy atom. The Kier molecular flexibility index (Phi) is 11.6. The summed E-state index contributed by atoms with van der Waals surface area (Å²) in [6.07, 6.45) is -0.188. The highest BCUT2D eigenvalue weighted by atomic mass is 127. The van der Waals surface area contributed by atoms with Gasteiger partial charge in [-0.3, -0.25) is 9.89 Å². The molecule has 0 bridgehead atoms. The molecule has 6 nitrogen and oxygen atoms in total. The summed E-state index contributed by atoms with van der Waals surface area (Å²) in [4.78, 5) is 7.06. The summed E-state index contributed by atoms with van der Waals surface area (Å²) >= 11 is 0. The number of guanidine groups is 1. The minimum Gasteiger partial charge on any atom is -0.486 e.